The fourth-order valence-corrected chi connectivity index (χ4v) is 6.34. The van der Waals surface area contributed by atoms with E-state index in [4.69, 9.17) is 21.9 Å². The number of carbonyl (C=O) groups is 7. The molecule has 0 heterocycles. The van der Waals surface area contributed by atoms with Crippen molar-refractivity contribution in [3.63, 3.8) is 0 Å². The Morgan fingerprint density at radius 2 is 1.54 bits per heavy atom. The molecule has 6 amide bonds. The van der Waals surface area contributed by atoms with E-state index < -0.39 is 77.7 Å². The lowest BCUT2D eigenvalue weighted by Crippen LogP contribution is -2.65. The van der Waals surface area contributed by atoms with Gasteiger partial charge in [0.2, 0.25) is 23.6 Å². The van der Waals surface area contributed by atoms with Gasteiger partial charge in [-0.2, -0.15) is 0 Å². The van der Waals surface area contributed by atoms with Crippen LogP contribution in [0.2, 0.25) is 0 Å². The lowest BCUT2D eigenvalue weighted by atomic mass is 9.82. The first-order valence-corrected chi connectivity index (χ1v) is 18.8. The van der Waals surface area contributed by atoms with Crippen molar-refractivity contribution in [2.24, 2.45) is 40.9 Å². The number of likely N-dealkylation sites (N-methyl/N-ethyl adjacent to an activating group) is 1. The van der Waals surface area contributed by atoms with E-state index in [0.717, 1.165) is 38.5 Å². The SMILES string of the molecule is CCCCCC[C@@H](OC(=O)CNC(=O)[C@@H](C)CNC(N)=O)[C@@H](C)C(=O)N(C)[C@@H](CC(C)C)C(=O)N[C@H](C(=O)NC(C=O)(CN)CN)C1CCCCC1. The molecule has 0 aliphatic heterocycles. The van der Waals surface area contributed by atoms with Crippen molar-refractivity contribution in [2.75, 3.05) is 33.2 Å². The molecule has 0 aromatic carbocycles. The van der Waals surface area contributed by atoms with Crippen LogP contribution in [0.15, 0.2) is 0 Å². The number of amides is 6. The Bertz CT molecular complexity index is 1170. The molecule has 52 heavy (non-hydrogen) atoms. The summed E-state index contributed by atoms with van der Waals surface area (Å²) >= 11 is 0. The summed E-state index contributed by atoms with van der Waals surface area (Å²) in [7, 11) is 1.53. The first kappa shape index (κ1) is 46.2. The number of primary amides is 1. The molecule has 0 saturated heterocycles. The van der Waals surface area contributed by atoms with Gasteiger partial charge in [0, 0.05) is 26.7 Å². The summed E-state index contributed by atoms with van der Waals surface area (Å²) in [5.74, 6) is -4.40. The van der Waals surface area contributed by atoms with Gasteiger partial charge in [-0.1, -0.05) is 73.1 Å². The van der Waals surface area contributed by atoms with Crippen LogP contribution in [-0.2, 0) is 33.5 Å². The molecule has 0 aromatic rings. The number of rotatable bonds is 24. The van der Waals surface area contributed by atoms with Gasteiger partial charge in [0.05, 0.1) is 11.8 Å². The maximum absolute atomic E-state index is 14.1. The number of esters is 1. The highest BCUT2D eigenvalue weighted by Gasteiger charge is 2.40. The summed E-state index contributed by atoms with van der Waals surface area (Å²) in [6, 6.07) is -2.70. The largest absolute Gasteiger partial charge is 0.460 e. The molecule has 0 unspecified atom stereocenters. The molecule has 1 aliphatic carbocycles. The van der Waals surface area contributed by atoms with E-state index in [0.29, 0.717) is 38.4 Å². The predicted octanol–water partition coefficient (Wildman–Crippen LogP) is 0.835. The van der Waals surface area contributed by atoms with Crippen LogP contribution in [0.5, 0.6) is 0 Å². The maximum atomic E-state index is 14.1. The fourth-order valence-electron chi connectivity index (χ4n) is 6.34. The number of hydrogen-bond acceptors (Lipinski definition) is 10. The monoisotopic (exact) mass is 739 g/mol. The highest BCUT2D eigenvalue weighted by Crippen LogP contribution is 2.28. The first-order chi connectivity index (χ1) is 24.6. The Morgan fingerprint density at radius 1 is 0.904 bits per heavy atom. The van der Waals surface area contributed by atoms with Crippen LogP contribution in [0, 0.1) is 23.7 Å². The van der Waals surface area contributed by atoms with Crippen LogP contribution in [0.3, 0.4) is 0 Å². The summed E-state index contributed by atoms with van der Waals surface area (Å²) in [6.07, 6.45) is 8.06. The molecule has 1 aliphatic rings. The van der Waals surface area contributed by atoms with Gasteiger partial charge in [-0.15, -0.1) is 0 Å². The van der Waals surface area contributed by atoms with Crippen molar-refractivity contribution in [1.29, 1.82) is 0 Å². The molecule has 1 rings (SSSR count). The van der Waals surface area contributed by atoms with Gasteiger partial charge in [0.25, 0.3) is 0 Å². The Morgan fingerprint density at radius 3 is 2.08 bits per heavy atom. The molecule has 0 bridgehead atoms. The molecular formula is C36H66N8O8. The van der Waals surface area contributed by atoms with Gasteiger partial charge in [-0.25, -0.2) is 4.79 Å². The second kappa shape index (κ2) is 23.7. The number of nitrogens with two attached hydrogens (primary N) is 3. The van der Waals surface area contributed by atoms with Crippen LogP contribution in [0.1, 0.15) is 105 Å². The Labute approximate surface area is 309 Å². The predicted molar refractivity (Wildman–Crippen MR) is 197 cm³/mol. The van der Waals surface area contributed by atoms with Crippen molar-refractivity contribution in [2.45, 2.75) is 129 Å². The lowest BCUT2D eigenvalue weighted by molar-refractivity contribution is -0.157. The van der Waals surface area contributed by atoms with Crippen molar-refractivity contribution in [1.82, 2.24) is 26.2 Å². The minimum Gasteiger partial charge on any atom is -0.460 e. The number of unbranched alkanes of at least 4 members (excludes halogenated alkanes) is 3. The highest BCUT2D eigenvalue weighted by atomic mass is 16.5. The third kappa shape index (κ3) is 15.4. The van der Waals surface area contributed by atoms with Crippen LogP contribution in [0.25, 0.3) is 0 Å². The molecule has 16 heteroatoms. The molecule has 0 radical (unpaired) electrons. The highest BCUT2D eigenvalue weighted by molar-refractivity contribution is 5.94. The molecule has 0 aromatic heterocycles. The van der Waals surface area contributed by atoms with Crippen LogP contribution in [0.4, 0.5) is 4.79 Å². The van der Waals surface area contributed by atoms with Gasteiger partial charge < -0.3 is 52.9 Å². The molecular weight excluding hydrogens is 672 g/mol. The number of nitrogens with one attached hydrogen (secondary N) is 4. The van der Waals surface area contributed by atoms with Crippen molar-refractivity contribution in [3.05, 3.63) is 0 Å². The zero-order chi connectivity index (χ0) is 39.4. The van der Waals surface area contributed by atoms with E-state index in [9.17, 15) is 33.6 Å². The lowest BCUT2D eigenvalue weighted by Gasteiger charge is -2.36. The molecule has 298 valence electrons. The number of urea groups is 1. The van der Waals surface area contributed by atoms with E-state index >= 15 is 0 Å². The van der Waals surface area contributed by atoms with Gasteiger partial charge in [0.15, 0.2) is 0 Å². The number of ether oxygens (including phenoxy) is 1. The second-order valence-electron chi connectivity index (χ2n) is 14.7. The van der Waals surface area contributed by atoms with E-state index in [-0.39, 0.29) is 31.5 Å². The number of nitrogens with zero attached hydrogens (tertiary/aromatic N) is 1. The molecule has 10 N–H and O–H groups in total. The Balaban J connectivity index is 3.23. The molecule has 5 atom stereocenters. The first-order valence-electron chi connectivity index (χ1n) is 18.8. The fraction of sp³-hybridized carbons (Fsp3) is 0.806. The Kier molecular flexibility index (Phi) is 21.1. The third-order valence-electron chi connectivity index (χ3n) is 9.85. The smallest absolute Gasteiger partial charge is 0.325 e. The number of carbonyl (C=O) groups excluding carboxylic acids is 7. The van der Waals surface area contributed by atoms with Crippen LogP contribution >= 0.6 is 0 Å². The van der Waals surface area contributed by atoms with E-state index in [2.05, 4.69) is 28.2 Å². The second-order valence-corrected chi connectivity index (χ2v) is 14.7. The van der Waals surface area contributed by atoms with Crippen LogP contribution < -0.4 is 38.5 Å². The average Bonchev–Trinajstić information content (AvgIpc) is 3.13. The van der Waals surface area contributed by atoms with Crippen LogP contribution in [-0.4, -0.2) is 104 Å². The summed E-state index contributed by atoms with van der Waals surface area (Å²) in [4.78, 5) is 91.4. The maximum Gasteiger partial charge on any atom is 0.325 e. The minimum absolute atomic E-state index is 0.00713. The standard InChI is InChI=1S/C36H66N8O8/c1-7-8-9-13-16-28(52-29(46)19-40-31(47)24(4)18-41-35(39)51)25(5)34(50)44(6)27(17-23(2)3)32(48)42-30(26-14-11-10-12-15-26)33(49)43-36(20-37,21-38)22-45/h22-28,30H,7-21,37-38H2,1-6H3,(H,40,47)(H,42,48)(H,43,49)(H3,39,41,51)/t24-,25+,27-,28+,30-/m0/s1. The molecule has 1 saturated carbocycles. The van der Waals surface area contributed by atoms with Gasteiger partial charge in [-0.3, -0.25) is 24.0 Å². The van der Waals surface area contributed by atoms with Gasteiger partial charge in [0.1, 0.15) is 36.6 Å². The van der Waals surface area contributed by atoms with Gasteiger partial charge >= 0.3 is 12.0 Å². The van der Waals surface area contributed by atoms with E-state index in [1.54, 1.807) is 13.8 Å². The molecule has 0 spiro atoms. The zero-order valence-electron chi connectivity index (χ0n) is 32.2. The average molecular weight is 739 g/mol. The summed E-state index contributed by atoms with van der Waals surface area (Å²) in [6.45, 7) is 8.26. The topological polar surface area (TPSA) is 258 Å². The third-order valence-corrected chi connectivity index (χ3v) is 9.85. The Hall–Kier alpha value is -3.79. The van der Waals surface area contributed by atoms with Crippen molar-refractivity contribution >= 4 is 41.9 Å². The van der Waals surface area contributed by atoms with Gasteiger partial charge in [-0.05, 0) is 43.9 Å². The van der Waals surface area contributed by atoms with E-state index in [1.165, 1.54) is 11.9 Å². The molecule has 16 nitrogen and oxygen atoms in total. The summed E-state index contributed by atoms with van der Waals surface area (Å²) < 4.78 is 5.77. The number of hydrogen-bond donors (Lipinski definition) is 7. The van der Waals surface area contributed by atoms with Crippen molar-refractivity contribution in [3.8, 4) is 0 Å². The summed E-state index contributed by atoms with van der Waals surface area (Å²) in [5.41, 5.74) is 15.2. The quantitative estimate of drug-likeness (QED) is 0.0417. The van der Waals surface area contributed by atoms with E-state index in [1.807, 2.05) is 13.8 Å². The summed E-state index contributed by atoms with van der Waals surface area (Å²) in [5, 5.41) is 10.4. The van der Waals surface area contributed by atoms with Crippen molar-refractivity contribution < 1.29 is 38.3 Å². The molecule has 1 fully saturated rings. The normalized spacial score (nSPS) is 16.4. The minimum atomic E-state index is -1.47. The number of aldehydes is 1. The zero-order valence-corrected chi connectivity index (χ0v) is 32.2.